The first-order chi connectivity index (χ1) is 24.6. The van der Waals surface area contributed by atoms with Gasteiger partial charge in [0, 0.05) is 23.4 Å². The number of nitrogens with zero attached hydrogens (tertiary/aromatic N) is 1. The molecule has 2 aliphatic rings. The second-order valence-electron chi connectivity index (χ2n) is 13.5. The van der Waals surface area contributed by atoms with E-state index in [4.69, 9.17) is 4.99 Å². The average Bonchev–Trinajstić information content (AvgIpc) is 3.17. The van der Waals surface area contributed by atoms with Crippen molar-refractivity contribution in [2.45, 2.75) is 19.9 Å². The highest BCUT2D eigenvalue weighted by Crippen LogP contribution is 2.40. The summed E-state index contributed by atoms with van der Waals surface area (Å²) in [6.45, 7) is 5.07. The molecule has 7 aromatic rings. The quantitative estimate of drug-likeness (QED) is 0.183. The molecule has 0 spiro atoms. The van der Waals surface area contributed by atoms with E-state index in [1.165, 1.54) is 54.9 Å². The molecule has 0 amide bonds. The zero-order chi connectivity index (χ0) is 33.6. The van der Waals surface area contributed by atoms with Gasteiger partial charge in [0.2, 0.25) is 0 Å². The Balaban J connectivity index is 1.28. The van der Waals surface area contributed by atoms with Crippen molar-refractivity contribution >= 4 is 44.8 Å². The maximum Gasteiger partial charge on any atom is 0.134 e. The molecule has 3 nitrogen and oxygen atoms in total. The van der Waals surface area contributed by atoms with Gasteiger partial charge in [-0.2, -0.15) is 0 Å². The van der Waals surface area contributed by atoms with Gasteiger partial charge >= 0.3 is 0 Å². The zero-order valence-corrected chi connectivity index (χ0v) is 28.2. The molecule has 1 unspecified atom stereocenters. The van der Waals surface area contributed by atoms with E-state index >= 15 is 0 Å². The summed E-state index contributed by atoms with van der Waals surface area (Å²) >= 11 is 0. The lowest BCUT2D eigenvalue weighted by molar-refractivity contribution is 0.780. The molecule has 0 aromatic heterocycles. The predicted molar refractivity (Wildman–Crippen MR) is 213 cm³/mol. The first kappa shape index (κ1) is 29.9. The Morgan fingerprint density at radius 2 is 1.26 bits per heavy atom. The summed E-state index contributed by atoms with van der Waals surface area (Å²) in [7, 11) is 0. The largest absolute Gasteiger partial charge is 0.381 e. The third kappa shape index (κ3) is 5.47. The van der Waals surface area contributed by atoms with Crippen LogP contribution in [0.25, 0.3) is 55.6 Å². The summed E-state index contributed by atoms with van der Waals surface area (Å²) in [5.74, 6) is 0.861. The minimum absolute atomic E-state index is 0.0377. The van der Waals surface area contributed by atoms with Crippen LogP contribution >= 0.6 is 0 Å². The van der Waals surface area contributed by atoms with Crippen molar-refractivity contribution in [3.8, 4) is 22.3 Å². The van der Waals surface area contributed by atoms with Gasteiger partial charge in [0.15, 0.2) is 0 Å². The molecule has 2 aliphatic heterocycles. The third-order valence-electron chi connectivity index (χ3n) is 10.0. The molecule has 0 saturated heterocycles. The number of nitrogens with one attached hydrogen (secondary N) is 2. The van der Waals surface area contributed by atoms with Crippen molar-refractivity contribution in [2.24, 2.45) is 4.99 Å². The number of aliphatic imine (C=N–C) groups is 1. The number of anilines is 1. The van der Waals surface area contributed by atoms with Gasteiger partial charge in [0.05, 0.1) is 11.7 Å². The molecular formula is C47H37N3. The van der Waals surface area contributed by atoms with Gasteiger partial charge in [0.25, 0.3) is 0 Å². The third-order valence-corrected chi connectivity index (χ3v) is 10.0. The topological polar surface area (TPSA) is 36.4 Å². The van der Waals surface area contributed by atoms with Gasteiger partial charge in [0.1, 0.15) is 5.84 Å². The van der Waals surface area contributed by atoms with Crippen LogP contribution in [0.3, 0.4) is 0 Å². The van der Waals surface area contributed by atoms with Gasteiger partial charge in [-0.15, -0.1) is 0 Å². The number of aryl methyl sites for hydroxylation is 2. The summed E-state index contributed by atoms with van der Waals surface area (Å²) in [5.41, 5.74) is 13.9. The molecule has 0 fully saturated rings. The number of benzene rings is 7. The maximum absolute atomic E-state index is 5.35. The van der Waals surface area contributed by atoms with Crippen LogP contribution in [0, 0.1) is 13.8 Å². The fraction of sp³-hybridized carbons (Fsp3) is 0.0851. The lowest BCUT2D eigenvalue weighted by atomic mass is 9.89. The van der Waals surface area contributed by atoms with E-state index < -0.39 is 0 Å². The number of para-hydroxylation sites is 1. The Labute approximate surface area is 293 Å². The van der Waals surface area contributed by atoms with Crippen LogP contribution in [-0.4, -0.2) is 12.4 Å². The monoisotopic (exact) mass is 643 g/mol. The van der Waals surface area contributed by atoms with Gasteiger partial charge in [-0.1, -0.05) is 139 Å². The normalized spacial score (nSPS) is 15.2. The van der Waals surface area contributed by atoms with Crippen LogP contribution in [0.15, 0.2) is 157 Å². The Morgan fingerprint density at radius 1 is 0.580 bits per heavy atom. The number of amidine groups is 1. The second-order valence-corrected chi connectivity index (χ2v) is 13.5. The molecule has 50 heavy (non-hydrogen) atoms. The van der Waals surface area contributed by atoms with E-state index in [-0.39, 0.29) is 6.04 Å². The number of hydrogen-bond acceptors (Lipinski definition) is 3. The fourth-order valence-corrected chi connectivity index (χ4v) is 7.39. The summed E-state index contributed by atoms with van der Waals surface area (Å²) in [5, 5.41) is 12.5. The minimum atomic E-state index is -0.0377. The molecule has 1 atom stereocenters. The molecule has 0 bridgehead atoms. The molecule has 0 saturated carbocycles. The van der Waals surface area contributed by atoms with E-state index in [0.29, 0.717) is 0 Å². The summed E-state index contributed by atoms with van der Waals surface area (Å²) in [6.07, 6.45) is 6.65. The predicted octanol–water partition coefficient (Wildman–Crippen LogP) is 11.5. The molecular weight excluding hydrogens is 607 g/mol. The first-order valence-corrected chi connectivity index (χ1v) is 17.4. The van der Waals surface area contributed by atoms with Crippen molar-refractivity contribution in [1.29, 1.82) is 0 Å². The van der Waals surface area contributed by atoms with Crippen LogP contribution in [-0.2, 0) is 0 Å². The Kier molecular flexibility index (Phi) is 7.39. The van der Waals surface area contributed by atoms with Crippen molar-refractivity contribution < 1.29 is 0 Å². The molecule has 240 valence electrons. The summed E-state index contributed by atoms with van der Waals surface area (Å²) in [4.78, 5) is 5.35. The van der Waals surface area contributed by atoms with Gasteiger partial charge in [-0.25, -0.2) is 4.99 Å². The number of fused-ring (bicyclic) bond motifs is 4. The van der Waals surface area contributed by atoms with Crippen molar-refractivity contribution in [3.05, 3.63) is 185 Å². The highest BCUT2D eigenvalue weighted by Gasteiger charge is 2.22. The second kappa shape index (κ2) is 12.4. The minimum Gasteiger partial charge on any atom is -0.381 e. The lowest BCUT2D eigenvalue weighted by Crippen LogP contribution is -2.31. The van der Waals surface area contributed by atoms with E-state index in [0.717, 1.165) is 46.0 Å². The van der Waals surface area contributed by atoms with Crippen LogP contribution in [0.5, 0.6) is 0 Å². The van der Waals surface area contributed by atoms with E-state index in [1.807, 2.05) is 0 Å². The Morgan fingerprint density at radius 3 is 2.06 bits per heavy atom. The van der Waals surface area contributed by atoms with Crippen LogP contribution < -0.4 is 10.6 Å². The van der Waals surface area contributed by atoms with Gasteiger partial charge < -0.3 is 10.6 Å². The van der Waals surface area contributed by atoms with Crippen molar-refractivity contribution in [3.63, 3.8) is 0 Å². The summed E-state index contributed by atoms with van der Waals surface area (Å²) in [6, 6.07) is 50.8. The zero-order valence-electron chi connectivity index (χ0n) is 28.2. The number of hydrogen-bond donors (Lipinski definition) is 2. The molecule has 0 radical (unpaired) electrons. The van der Waals surface area contributed by atoms with Crippen molar-refractivity contribution in [1.82, 2.24) is 5.32 Å². The number of rotatable bonds is 5. The SMILES string of the molecule is Cc1ccc(C2=CC(c3ccc(C)cc3)NC(c3cc(-c4cccc5c4NCC=C5)cc(-c4cc5ccccc5c5ccccc45)c3)=N2)cc1. The van der Waals surface area contributed by atoms with Gasteiger partial charge in [-0.3, -0.25) is 0 Å². The van der Waals surface area contributed by atoms with Crippen molar-refractivity contribution in [2.75, 3.05) is 11.9 Å². The van der Waals surface area contributed by atoms with Crippen LogP contribution in [0.4, 0.5) is 5.69 Å². The smallest absolute Gasteiger partial charge is 0.134 e. The maximum atomic E-state index is 5.35. The van der Waals surface area contributed by atoms with Crippen LogP contribution in [0.1, 0.15) is 39.4 Å². The standard InChI is InChI=1S/C47H37N3/c1-30-16-20-32(21-17-30)44-29-45(33-22-18-31(2)19-23-33)50-47(49-44)38-26-36(40-15-7-10-34-11-8-24-48-46(34)40)25-37(27-38)43-28-35-9-3-4-12-39(35)41-13-5-6-14-42(41)43/h3-23,25-29,44,48H,24H2,1-2H3,(H,49,50). The average molecular weight is 644 g/mol. The van der Waals surface area contributed by atoms with Crippen LogP contribution in [0.2, 0.25) is 0 Å². The summed E-state index contributed by atoms with van der Waals surface area (Å²) < 4.78 is 0. The lowest BCUT2D eigenvalue weighted by Gasteiger charge is -2.26. The molecule has 2 heterocycles. The van der Waals surface area contributed by atoms with E-state index in [9.17, 15) is 0 Å². The highest BCUT2D eigenvalue weighted by atomic mass is 15.0. The van der Waals surface area contributed by atoms with Gasteiger partial charge in [-0.05, 0) is 99.1 Å². The molecule has 7 aromatic carbocycles. The Bertz CT molecular complexity index is 2520. The van der Waals surface area contributed by atoms with E-state index in [2.05, 4.69) is 182 Å². The molecule has 0 aliphatic carbocycles. The molecule has 9 rings (SSSR count). The van der Waals surface area contributed by atoms with E-state index in [1.54, 1.807) is 0 Å². The highest BCUT2D eigenvalue weighted by molar-refractivity contribution is 6.14. The molecule has 3 heteroatoms. The fourth-order valence-electron chi connectivity index (χ4n) is 7.39. The Hall–Kier alpha value is -6.19. The first-order valence-electron chi connectivity index (χ1n) is 17.4. The molecule has 2 N–H and O–H groups in total.